The lowest BCUT2D eigenvalue weighted by molar-refractivity contribution is -0.143. The normalized spacial score (nSPS) is 14.6. The van der Waals surface area contributed by atoms with Crippen LogP contribution in [0.4, 0.5) is 5.95 Å². The summed E-state index contributed by atoms with van der Waals surface area (Å²) in [6, 6.07) is 11.0. The number of unbranched alkanes of at least 4 members (excludes halogenated alkanes) is 2. The van der Waals surface area contributed by atoms with E-state index in [1.807, 2.05) is 64.1 Å². The molecule has 2 heterocycles. The Morgan fingerprint density at radius 1 is 1.20 bits per heavy atom. The molecule has 41 heavy (non-hydrogen) atoms. The van der Waals surface area contributed by atoms with Crippen molar-refractivity contribution in [2.45, 2.75) is 76.9 Å². The number of benzene rings is 2. The molecule has 220 valence electrons. The second-order valence-electron chi connectivity index (χ2n) is 9.88. The summed E-state index contributed by atoms with van der Waals surface area (Å²) in [5.41, 5.74) is 2.88. The van der Waals surface area contributed by atoms with E-state index in [1.165, 1.54) is 11.8 Å². The van der Waals surface area contributed by atoms with Crippen LogP contribution in [0.25, 0.3) is 0 Å². The maximum absolute atomic E-state index is 13.5. The fourth-order valence-electron chi connectivity index (χ4n) is 4.48. The zero-order valence-corrected chi connectivity index (χ0v) is 27.2. The zero-order valence-electron chi connectivity index (χ0n) is 24.0. The second-order valence-corrected chi connectivity index (χ2v) is 12.1. The van der Waals surface area contributed by atoms with Crippen LogP contribution in [0.5, 0.6) is 11.5 Å². The Balaban J connectivity index is 1.75. The van der Waals surface area contributed by atoms with Crippen LogP contribution >= 0.6 is 39.3 Å². The minimum atomic E-state index is -0.607. The lowest BCUT2D eigenvalue weighted by Crippen LogP contribution is -2.30. The van der Waals surface area contributed by atoms with Crippen LogP contribution in [-0.4, -0.2) is 40.1 Å². The number of carbonyl (C=O) groups is 1. The van der Waals surface area contributed by atoms with E-state index in [4.69, 9.17) is 35.9 Å². The first-order chi connectivity index (χ1) is 19.7. The summed E-state index contributed by atoms with van der Waals surface area (Å²) in [4.78, 5) is 18.2. The van der Waals surface area contributed by atoms with Crippen molar-refractivity contribution < 1.29 is 19.0 Å². The average molecular weight is 664 g/mol. The molecule has 1 N–H and O–H groups in total. The summed E-state index contributed by atoms with van der Waals surface area (Å²) in [5, 5.41) is 9.35. The van der Waals surface area contributed by atoms with Crippen molar-refractivity contribution in [2.75, 3.05) is 18.5 Å². The number of carbonyl (C=O) groups excluding carboxylic acids is 1. The number of thioether (sulfide) groups is 1. The Hall–Kier alpha value is -2.69. The summed E-state index contributed by atoms with van der Waals surface area (Å²) in [5.74, 6) is 1.95. The maximum atomic E-state index is 13.5. The quantitative estimate of drug-likeness (QED) is 0.111. The molecular formula is C30H36BrClN4O4S. The fraction of sp³-hybridized carbons (Fsp3) is 0.433. The number of hydrogen-bond acceptors (Lipinski definition) is 8. The fourth-order valence-corrected chi connectivity index (χ4v) is 6.16. The lowest BCUT2D eigenvalue weighted by atomic mass is 9.95. The molecule has 3 aromatic rings. The number of anilines is 1. The average Bonchev–Trinajstić information content (AvgIpc) is 3.32. The van der Waals surface area contributed by atoms with Gasteiger partial charge in [0, 0.05) is 16.5 Å². The number of esters is 1. The van der Waals surface area contributed by atoms with Gasteiger partial charge in [-0.1, -0.05) is 61.3 Å². The molecule has 0 saturated heterocycles. The monoisotopic (exact) mass is 662 g/mol. The predicted molar refractivity (Wildman–Crippen MR) is 167 cm³/mol. The molecule has 1 aliphatic rings. The topological polar surface area (TPSA) is 87.5 Å². The van der Waals surface area contributed by atoms with Crippen LogP contribution in [-0.2, 0) is 15.3 Å². The summed E-state index contributed by atoms with van der Waals surface area (Å²) in [7, 11) is 0. The summed E-state index contributed by atoms with van der Waals surface area (Å²) in [6.45, 7) is 10.6. The van der Waals surface area contributed by atoms with Gasteiger partial charge in [-0.15, -0.1) is 5.10 Å². The maximum Gasteiger partial charge on any atom is 0.338 e. The third-order valence-corrected chi connectivity index (χ3v) is 8.20. The molecule has 8 nitrogen and oxygen atoms in total. The predicted octanol–water partition coefficient (Wildman–Crippen LogP) is 8.19. The molecule has 1 aliphatic heterocycles. The van der Waals surface area contributed by atoms with Crippen LogP contribution in [0.2, 0.25) is 5.02 Å². The van der Waals surface area contributed by atoms with Crippen molar-refractivity contribution in [1.82, 2.24) is 14.8 Å². The standard InChI is InChI=1S/C30H36BrClN4O4S/c1-6-8-11-14-39-27-22(31)15-21(16-24(27)38-7-2)26-25(28(37)40-18(3)4)19(5)33-29-34-30(35-36(26)29)41-17-20-12-9-10-13-23(20)32/h9-10,12-13,15-16,18,26H,6-8,11,14,17H2,1-5H3,(H,33,34,35). The Morgan fingerprint density at radius 3 is 2.68 bits per heavy atom. The van der Waals surface area contributed by atoms with Crippen molar-refractivity contribution >= 4 is 51.2 Å². The van der Waals surface area contributed by atoms with Gasteiger partial charge in [-0.3, -0.25) is 0 Å². The van der Waals surface area contributed by atoms with Gasteiger partial charge in [-0.05, 0) is 79.4 Å². The number of nitrogens with one attached hydrogen (secondary N) is 1. The van der Waals surface area contributed by atoms with E-state index in [-0.39, 0.29) is 6.10 Å². The van der Waals surface area contributed by atoms with Crippen LogP contribution in [0.1, 0.15) is 71.0 Å². The molecule has 11 heteroatoms. The highest BCUT2D eigenvalue weighted by Gasteiger charge is 2.36. The van der Waals surface area contributed by atoms with Gasteiger partial charge >= 0.3 is 5.97 Å². The van der Waals surface area contributed by atoms with Gasteiger partial charge in [0.15, 0.2) is 11.5 Å². The molecule has 0 aliphatic carbocycles. The van der Waals surface area contributed by atoms with E-state index in [9.17, 15) is 4.79 Å². The first-order valence-electron chi connectivity index (χ1n) is 13.8. The van der Waals surface area contributed by atoms with Gasteiger partial charge in [0.2, 0.25) is 11.1 Å². The van der Waals surface area contributed by atoms with Crippen molar-refractivity contribution in [2.24, 2.45) is 0 Å². The van der Waals surface area contributed by atoms with Crippen LogP contribution in [0.3, 0.4) is 0 Å². The molecule has 0 spiro atoms. The van der Waals surface area contributed by atoms with Crippen LogP contribution in [0, 0.1) is 0 Å². The van der Waals surface area contributed by atoms with Crippen LogP contribution in [0.15, 0.2) is 57.3 Å². The SMILES string of the molecule is CCCCCOc1c(Br)cc(C2C(C(=O)OC(C)C)=C(C)Nc3nc(SCc4ccccc4Cl)nn32)cc1OCC. The largest absolute Gasteiger partial charge is 0.490 e. The lowest BCUT2D eigenvalue weighted by Gasteiger charge is -2.29. The Labute approximate surface area is 259 Å². The van der Waals surface area contributed by atoms with E-state index in [0.29, 0.717) is 57.9 Å². The first kappa shape index (κ1) is 31.3. The molecule has 1 atom stereocenters. The van der Waals surface area contributed by atoms with Gasteiger partial charge in [0.1, 0.15) is 6.04 Å². The number of nitrogens with zero attached hydrogens (tertiary/aromatic N) is 3. The minimum Gasteiger partial charge on any atom is -0.490 e. The number of rotatable bonds is 13. The van der Waals surface area contributed by atoms with Gasteiger partial charge in [-0.2, -0.15) is 4.98 Å². The van der Waals surface area contributed by atoms with Crippen LogP contribution < -0.4 is 14.8 Å². The Morgan fingerprint density at radius 2 is 1.98 bits per heavy atom. The highest BCUT2D eigenvalue weighted by atomic mass is 79.9. The zero-order chi connectivity index (χ0) is 29.5. The third-order valence-electron chi connectivity index (χ3n) is 6.35. The van der Waals surface area contributed by atoms with E-state index in [1.54, 1.807) is 4.68 Å². The van der Waals surface area contributed by atoms with Crippen molar-refractivity contribution in [1.29, 1.82) is 0 Å². The van der Waals surface area contributed by atoms with E-state index >= 15 is 0 Å². The van der Waals surface area contributed by atoms with E-state index in [2.05, 4.69) is 28.2 Å². The Bertz CT molecular complexity index is 1410. The number of ether oxygens (including phenoxy) is 3. The highest BCUT2D eigenvalue weighted by molar-refractivity contribution is 9.10. The summed E-state index contributed by atoms with van der Waals surface area (Å²) in [6.07, 6.45) is 2.87. The number of fused-ring (bicyclic) bond motifs is 1. The molecular weight excluding hydrogens is 628 g/mol. The molecule has 4 rings (SSSR count). The van der Waals surface area contributed by atoms with Gasteiger partial charge in [-0.25, -0.2) is 9.48 Å². The molecule has 0 saturated carbocycles. The number of aromatic nitrogens is 3. The number of hydrogen-bond donors (Lipinski definition) is 1. The van der Waals surface area contributed by atoms with E-state index < -0.39 is 12.0 Å². The molecule has 0 amide bonds. The van der Waals surface area contributed by atoms with Gasteiger partial charge in [0.25, 0.3) is 0 Å². The minimum absolute atomic E-state index is 0.285. The highest BCUT2D eigenvalue weighted by Crippen LogP contribution is 2.43. The summed E-state index contributed by atoms with van der Waals surface area (Å²) < 4.78 is 20.3. The van der Waals surface area contributed by atoms with Gasteiger partial charge < -0.3 is 19.5 Å². The van der Waals surface area contributed by atoms with Crippen molar-refractivity contribution in [3.63, 3.8) is 0 Å². The van der Waals surface area contributed by atoms with Crippen molar-refractivity contribution in [3.8, 4) is 11.5 Å². The third kappa shape index (κ3) is 7.59. The summed E-state index contributed by atoms with van der Waals surface area (Å²) >= 11 is 11.5. The Kier molecular flexibility index (Phi) is 11.0. The second kappa shape index (κ2) is 14.5. The molecule has 1 unspecified atom stereocenters. The molecule has 1 aromatic heterocycles. The molecule has 0 fully saturated rings. The molecule has 2 aromatic carbocycles. The smallest absolute Gasteiger partial charge is 0.338 e. The van der Waals surface area contributed by atoms with Gasteiger partial charge in [0.05, 0.1) is 29.4 Å². The van der Waals surface area contributed by atoms with Crippen molar-refractivity contribution in [3.05, 3.63) is 68.3 Å². The molecule has 0 bridgehead atoms. The number of allylic oxidation sites excluding steroid dienone is 1. The number of halogens is 2. The van der Waals surface area contributed by atoms with E-state index in [0.717, 1.165) is 34.9 Å². The molecule has 0 radical (unpaired) electrons. The first-order valence-corrected chi connectivity index (χ1v) is 16.0.